The molecule has 0 aliphatic rings. The third-order valence-electron chi connectivity index (χ3n) is 4.76. The Labute approximate surface area is 160 Å². The number of carbonyl (C=O) groups is 1. The summed E-state index contributed by atoms with van der Waals surface area (Å²) in [4.78, 5) is 23.2. The van der Waals surface area contributed by atoms with Crippen LogP contribution in [0.25, 0.3) is 0 Å². The number of amides is 1. The van der Waals surface area contributed by atoms with E-state index in [1.54, 1.807) is 18.2 Å². The molecule has 0 spiro atoms. The summed E-state index contributed by atoms with van der Waals surface area (Å²) in [6.07, 6.45) is 0.991. The average molecular weight is 370 g/mol. The highest BCUT2D eigenvalue weighted by Gasteiger charge is 2.27. The largest absolute Gasteiger partial charge is 0.330 e. The Morgan fingerprint density at radius 2 is 1.74 bits per heavy atom. The molecule has 0 radical (unpaired) electrons. The predicted molar refractivity (Wildman–Crippen MR) is 107 cm³/mol. The molecule has 0 aromatic heterocycles. The fourth-order valence-corrected chi connectivity index (χ4v) is 3.08. The molecule has 0 saturated heterocycles. The van der Waals surface area contributed by atoms with Gasteiger partial charge in [0, 0.05) is 17.5 Å². The molecule has 0 fully saturated rings. The van der Waals surface area contributed by atoms with Gasteiger partial charge >= 0.3 is 0 Å². The Hall–Kier alpha value is -2.73. The maximum atomic E-state index is 12.6. The van der Waals surface area contributed by atoms with Crippen LogP contribution in [-0.4, -0.2) is 16.9 Å². The van der Waals surface area contributed by atoms with Gasteiger partial charge < -0.3 is 10.6 Å². The topological polar surface area (TPSA) is 88.8 Å². The summed E-state index contributed by atoms with van der Waals surface area (Å²) >= 11 is 0. The zero-order valence-corrected chi connectivity index (χ0v) is 16.3. The molecule has 3 N–H and O–H groups in total. The fraction of sp³-hybridized carbons (Fsp3) is 0.381. The van der Waals surface area contributed by atoms with Gasteiger partial charge in [-0.15, -0.1) is 0 Å². The predicted octanol–water partition coefficient (Wildman–Crippen LogP) is 3.44. The Bertz CT molecular complexity index is 788. The second-order valence-electron chi connectivity index (χ2n) is 7.11. The van der Waals surface area contributed by atoms with E-state index in [1.165, 1.54) is 17.2 Å². The first-order valence-corrected chi connectivity index (χ1v) is 9.31. The van der Waals surface area contributed by atoms with Crippen molar-refractivity contribution in [2.75, 3.05) is 5.32 Å². The minimum atomic E-state index is -0.490. The molecule has 2 aromatic carbocycles. The van der Waals surface area contributed by atoms with E-state index < -0.39 is 4.92 Å². The maximum absolute atomic E-state index is 12.6. The lowest BCUT2D eigenvalue weighted by molar-refractivity contribution is -0.718. The molecule has 2 atom stereocenters. The van der Waals surface area contributed by atoms with Gasteiger partial charge in [0.15, 0.2) is 6.04 Å². The van der Waals surface area contributed by atoms with Gasteiger partial charge in [0.2, 0.25) is 0 Å². The first-order valence-electron chi connectivity index (χ1n) is 9.31. The molecule has 27 heavy (non-hydrogen) atoms. The molecule has 0 aliphatic carbocycles. The van der Waals surface area contributed by atoms with E-state index in [-0.39, 0.29) is 29.4 Å². The van der Waals surface area contributed by atoms with Crippen molar-refractivity contribution in [3.05, 3.63) is 69.8 Å². The molecular formula is C21H28N3O3+. The summed E-state index contributed by atoms with van der Waals surface area (Å²) in [5.74, 6) is 0.0823. The number of carbonyl (C=O) groups excluding carboxylic acids is 1. The molecule has 0 saturated carbocycles. The minimum Gasteiger partial charge on any atom is -0.330 e. The first-order chi connectivity index (χ1) is 12.8. The van der Waals surface area contributed by atoms with Gasteiger partial charge in [-0.05, 0) is 25.0 Å². The molecule has 0 heterocycles. The van der Waals surface area contributed by atoms with Crippen LogP contribution in [0.4, 0.5) is 11.4 Å². The normalized spacial score (nSPS) is 13.2. The van der Waals surface area contributed by atoms with Crippen molar-refractivity contribution < 1.29 is 15.0 Å². The highest BCUT2D eigenvalue weighted by molar-refractivity contribution is 5.95. The number of nitrogens with zero attached hydrogens (tertiary/aromatic N) is 1. The monoisotopic (exact) mass is 370 g/mol. The third-order valence-corrected chi connectivity index (χ3v) is 4.76. The smallest absolute Gasteiger partial charge is 0.292 e. The number of hydrogen-bond donors (Lipinski definition) is 2. The molecule has 2 aromatic rings. The highest BCUT2D eigenvalue weighted by atomic mass is 16.6. The summed E-state index contributed by atoms with van der Waals surface area (Å²) in [7, 11) is 0. The van der Waals surface area contributed by atoms with Crippen LogP contribution in [0.5, 0.6) is 0 Å². The molecule has 1 amide bonds. The van der Waals surface area contributed by atoms with E-state index in [1.807, 2.05) is 12.2 Å². The molecule has 2 rings (SSSR count). The van der Waals surface area contributed by atoms with Crippen LogP contribution in [0, 0.1) is 16.0 Å². The van der Waals surface area contributed by atoms with Crippen LogP contribution in [-0.2, 0) is 11.2 Å². The van der Waals surface area contributed by atoms with Gasteiger partial charge in [-0.3, -0.25) is 14.9 Å². The van der Waals surface area contributed by atoms with Gasteiger partial charge in [0.1, 0.15) is 11.7 Å². The molecule has 0 aliphatic heterocycles. The zero-order chi connectivity index (χ0) is 20.0. The van der Waals surface area contributed by atoms with Crippen LogP contribution in [0.1, 0.15) is 44.9 Å². The van der Waals surface area contributed by atoms with Crippen LogP contribution in [0.15, 0.2) is 48.5 Å². The lowest BCUT2D eigenvalue weighted by Gasteiger charge is -2.23. The van der Waals surface area contributed by atoms with Crippen molar-refractivity contribution in [3.63, 3.8) is 0 Å². The third kappa shape index (κ3) is 5.37. The number of para-hydroxylation sites is 2. The molecule has 0 bridgehead atoms. The van der Waals surface area contributed by atoms with E-state index in [0.717, 1.165) is 6.42 Å². The standard InChI is InChI=1S/C21H27N3O3/c1-5-16-10-12-17(13-11-16)20(14(2)3)22-15(4)21(25)23-18-8-6-7-9-19(18)24(26)27/h6-15,20,22H,5H2,1-4H3,(H,23,25)/p+1/t15-,20-/m0/s1. The van der Waals surface area contributed by atoms with Crippen molar-refractivity contribution in [2.45, 2.75) is 46.2 Å². The number of nitro benzene ring substituents is 1. The number of benzene rings is 2. The summed E-state index contributed by atoms with van der Waals surface area (Å²) < 4.78 is 0. The van der Waals surface area contributed by atoms with Crippen molar-refractivity contribution in [3.8, 4) is 0 Å². The SMILES string of the molecule is CCc1ccc([C@@H]([NH2+][C@@H](C)C(=O)Nc2ccccc2[N+](=O)[O-])C(C)C)cc1. The van der Waals surface area contributed by atoms with E-state index in [9.17, 15) is 14.9 Å². The molecule has 6 nitrogen and oxygen atoms in total. The van der Waals surface area contributed by atoms with Gasteiger partial charge in [0.05, 0.1) is 4.92 Å². The quantitative estimate of drug-likeness (QED) is 0.551. The molecular weight excluding hydrogens is 342 g/mol. The first kappa shape index (κ1) is 20.6. The van der Waals surface area contributed by atoms with E-state index in [0.29, 0.717) is 5.92 Å². The number of nitrogens with one attached hydrogen (secondary N) is 1. The summed E-state index contributed by atoms with van der Waals surface area (Å²) in [6.45, 7) is 8.19. The number of quaternary nitrogens is 1. The molecule has 144 valence electrons. The second kappa shape index (κ2) is 9.28. The van der Waals surface area contributed by atoms with E-state index >= 15 is 0 Å². The van der Waals surface area contributed by atoms with Crippen molar-refractivity contribution in [1.29, 1.82) is 0 Å². The highest BCUT2D eigenvalue weighted by Crippen LogP contribution is 2.23. The van der Waals surface area contributed by atoms with Crippen LogP contribution in [0.3, 0.4) is 0 Å². The Balaban J connectivity index is 2.11. The average Bonchev–Trinajstić information content (AvgIpc) is 2.66. The van der Waals surface area contributed by atoms with Crippen LogP contribution >= 0.6 is 0 Å². The maximum Gasteiger partial charge on any atom is 0.292 e. The summed E-state index contributed by atoms with van der Waals surface area (Å²) in [6, 6.07) is 14.4. The van der Waals surface area contributed by atoms with E-state index in [4.69, 9.17) is 0 Å². The fourth-order valence-electron chi connectivity index (χ4n) is 3.08. The van der Waals surface area contributed by atoms with Gasteiger partial charge in [-0.25, -0.2) is 0 Å². The lowest BCUT2D eigenvalue weighted by Crippen LogP contribution is -2.93. The lowest BCUT2D eigenvalue weighted by atomic mass is 9.94. The van der Waals surface area contributed by atoms with Crippen molar-refractivity contribution >= 4 is 17.3 Å². The number of anilines is 1. The number of nitro groups is 1. The number of aryl methyl sites for hydroxylation is 1. The van der Waals surface area contributed by atoms with Crippen molar-refractivity contribution in [2.24, 2.45) is 5.92 Å². The van der Waals surface area contributed by atoms with Gasteiger partial charge in [0.25, 0.3) is 11.6 Å². The molecule has 0 unspecified atom stereocenters. The summed E-state index contributed by atoms with van der Waals surface area (Å²) in [5, 5.41) is 15.8. The van der Waals surface area contributed by atoms with Gasteiger partial charge in [-0.2, -0.15) is 0 Å². The Morgan fingerprint density at radius 3 is 2.30 bits per heavy atom. The number of nitrogens with two attached hydrogens (primary N) is 1. The number of hydrogen-bond acceptors (Lipinski definition) is 3. The minimum absolute atomic E-state index is 0.103. The van der Waals surface area contributed by atoms with Gasteiger partial charge in [-0.1, -0.05) is 57.2 Å². The molecule has 6 heteroatoms. The van der Waals surface area contributed by atoms with Crippen LogP contribution in [0.2, 0.25) is 0 Å². The van der Waals surface area contributed by atoms with E-state index in [2.05, 4.69) is 50.4 Å². The Morgan fingerprint density at radius 1 is 1.11 bits per heavy atom. The second-order valence-corrected chi connectivity index (χ2v) is 7.11. The Kier molecular flexibility index (Phi) is 7.07. The summed E-state index contributed by atoms with van der Waals surface area (Å²) in [5.41, 5.74) is 2.57. The van der Waals surface area contributed by atoms with Crippen LogP contribution < -0.4 is 10.6 Å². The zero-order valence-electron chi connectivity index (χ0n) is 16.3. The van der Waals surface area contributed by atoms with Crippen molar-refractivity contribution in [1.82, 2.24) is 0 Å². The number of rotatable bonds is 8.